The van der Waals surface area contributed by atoms with Crippen LogP contribution in [-0.2, 0) is 0 Å². The van der Waals surface area contributed by atoms with Gasteiger partial charge < -0.3 is 4.48 Å². The van der Waals surface area contributed by atoms with Crippen LogP contribution in [0.15, 0.2) is 24.3 Å². The predicted octanol–water partition coefficient (Wildman–Crippen LogP) is 2.17. The standard InChI is InChI=1S/C12H17N2O3S/c1-14(2,3)8-9-18-12(15)10-4-6-11(7-5-10)13(16)17/h4-7H,8-9H2,1-3H3/q+1. The molecule has 0 aliphatic rings. The van der Waals surface area contributed by atoms with E-state index in [0.29, 0.717) is 5.56 Å². The molecule has 6 heteroatoms. The number of rotatable bonds is 5. The Balaban J connectivity index is 2.54. The lowest BCUT2D eigenvalue weighted by Crippen LogP contribution is -2.36. The monoisotopic (exact) mass is 269 g/mol. The van der Waals surface area contributed by atoms with Crippen molar-refractivity contribution in [3.63, 3.8) is 0 Å². The van der Waals surface area contributed by atoms with Gasteiger partial charge >= 0.3 is 0 Å². The Hall–Kier alpha value is -1.40. The Kier molecular flexibility index (Phi) is 4.86. The lowest BCUT2D eigenvalue weighted by atomic mass is 10.2. The Morgan fingerprint density at radius 1 is 1.28 bits per heavy atom. The molecule has 0 saturated heterocycles. The highest BCUT2D eigenvalue weighted by molar-refractivity contribution is 8.14. The zero-order valence-electron chi connectivity index (χ0n) is 10.8. The molecular formula is C12H17N2O3S+. The van der Waals surface area contributed by atoms with Crippen LogP contribution in [0.25, 0.3) is 0 Å². The fourth-order valence-corrected chi connectivity index (χ4v) is 2.34. The third-order valence-electron chi connectivity index (χ3n) is 2.31. The summed E-state index contributed by atoms with van der Waals surface area (Å²) < 4.78 is 0.806. The quantitative estimate of drug-likeness (QED) is 0.467. The Morgan fingerprint density at radius 3 is 2.28 bits per heavy atom. The van der Waals surface area contributed by atoms with Gasteiger partial charge in [-0.3, -0.25) is 14.9 Å². The van der Waals surface area contributed by atoms with E-state index in [9.17, 15) is 14.9 Å². The van der Waals surface area contributed by atoms with E-state index in [1.54, 1.807) is 0 Å². The van der Waals surface area contributed by atoms with E-state index >= 15 is 0 Å². The molecule has 0 amide bonds. The summed E-state index contributed by atoms with van der Waals surface area (Å²) in [4.78, 5) is 21.8. The van der Waals surface area contributed by atoms with E-state index < -0.39 is 4.92 Å². The zero-order chi connectivity index (χ0) is 13.8. The summed E-state index contributed by atoms with van der Waals surface area (Å²) in [7, 11) is 6.20. The number of non-ortho nitro benzene ring substituents is 1. The summed E-state index contributed by atoms with van der Waals surface area (Å²) in [6, 6.07) is 5.71. The van der Waals surface area contributed by atoms with Gasteiger partial charge in [-0.1, -0.05) is 11.8 Å². The summed E-state index contributed by atoms with van der Waals surface area (Å²) in [6.07, 6.45) is 0. The van der Waals surface area contributed by atoms with Crippen LogP contribution in [0.4, 0.5) is 5.69 Å². The summed E-state index contributed by atoms with van der Waals surface area (Å²) >= 11 is 1.25. The summed E-state index contributed by atoms with van der Waals surface area (Å²) in [5.74, 6) is 0.735. The molecule has 18 heavy (non-hydrogen) atoms. The van der Waals surface area contributed by atoms with Crippen molar-refractivity contribution in [3.8, 4) is 0 Å². The van der Waals surface area contributed by atoms with E-state index in [4.69, 9.17) is 0 Å². The fourth-order valence-electron chi connectivity index (χ4n) is 1.21. The van der Waals surface area contributed by atoms with Gasteiger partial charge in [0.15, 0.2) is 0 Å². The van der Waals surface area contributed by atoms with Crippen molar-refractivity contribution in [2.45, 2.75) is 0 Å². The molecular weight excluding hydrogens is 252 g/mol. The molecule has 98 valence electrons. The van der Waals surface area contributed by atoms with Crippen molar-refractivity contribution in [1.29, 1.82) is 0 Å². The topological polar surface area (TPSA) is 60.2 Å². The molecule has 0 aliphatic carbocycles. The number of nitro benzene ring substituents is 1. The predicted molar refractivity (Wildman–Crippen MR) is 72.8 cm³/mol. The average molecular weight is 269 g/mol. The van der Waals surface area contributed by atoms with Crippen LogP contribution in [0, 0.1) is 10.1 Å². The average Bonchev–Trinajstić information content (AvgIpc) is 2.27. The minimum Gasteiger partial charge on any atom is -0.330 e. The van der Waals surface area contributed by atoms with Gasteiger partial charge in [-0.2, -0.15) is 0 Å². The second-order valence-electron chi connectivity index (χ2n) is 4.95. The van der Waals surface area contributed by atoms with Crippen LogP contribution < -0.4 is 0 Å². The number of hydrogen-bond donors (Lipinski definition) is 0. The molecule has 5 nitrogen and oxygen atoms in total. The van der Waals surface area contributed by atoms with E-state index in [1.807, 2.05) is 0 Å². The minimum atomic E-state index is -0.474. The van der Waals surface area contributed by atoms with Crippen LogP contribution in [-0.4, -0.2) is 48.0 Å². The first-order valence-corrected chi connectivity index (χ1v) is 6.50. The first-order chi connectivity index (χ1) is 8.29. The summed E-state index contributed by atoms with van der Waals surface area (Å²) in [5.41, 5.74) is 0.509. The molecule has 0 N–H and O–H groups in total. The Bertz CT molecular complexity index is 438. The molecule has 0 spiro atoms. The van der Waals surface area contributed by atoms with Crippen molar-refractivity contribution in [1.82, 2.24) is 0 Å². The maximum atomic E-state index is 11.8. The number of benzene rings is 1. The first kappa shape index (κ1) is 14.7. The normalized spacial score (nSPS) is 11.3. The molecule has 1 aromatic rings. The van der Waals surface area contributed by atoms with E-state index in [2.05, 4.69) is 21.1 Å². The molecule has 0 atom stereocenters. The van der Waals surface area contributed by atoms with Crippen molar-refractivity contribution < 1.29 is 14.2 Å². The third kappa shape index (κ3) is 4.85. The fraction of sp³-hybridized carbons (Fsp3) is 0.417. The maximum absolute atomic E-state index is 11.8. The number of thioether (sulfide) groups is 1. The van der Waals surface area contributed by atoms with Gasteiger partial charge in [0.05, 0.1) is 38.4 Å². The number of quaternary nitrogens is 1. The second kappa shape index (κ2) is 5.97. The number of nitro groups is 1. The smallest absolute Gasteiger partial charge is 0.269 e. The highest BCUT2D eigenvalue weighted by Gasteiger charge is 2.12. The van der Waals surface area contributed by atoms with Gasteiger partial charge in [0, 0.05) is 17.7 Å². The van der Waals surface area contributed by atoms with Crippen molar-refractivity contribution >= 4 is 22.6 Å². The van der Waals surface area contributed by atoms with Gasteiger partial charge in [-0.25, -0.2) is 0 Å². The van der Waals surface area contributed by atoms with Crippen LogP contribution in [0.1, 0.15) is 10.4 Å². The lowest BCUT2D eigenvalue weighted by molar-refractivity contribution is -0.867. The van der Waals surface area contributed by atoms with Crippen LogP contribution in [0.2, 0.25) is 0 Å². The molecule has 0 aliphatic heterocycles. The first-order valence-electron chi connectivity index (χ1n) is 5.51. The summed E-state index contributed by atoms with van der Waals surface area (Å²) in [5, 5.41) is 10.4. The number of carbonyl (C=O) groups is 1. The zero-order valence-corrected chi connectivity index (χ0v) is 11.6. The largest absolute Gasteiger partial charge is 0.330 e. The van der Waals surface area contributed by atoms with E-state index in [1.165, 1.54) is 36.0 Å². The van der Waals surface area contributed by atoms with Crippen molar-refractivity contribution in [3.05, 3.63) is 39.9 Å². The number of hydrogen-bond acceptors (Lipinski definition) is 4. The number of nitrogens with zero attached hydrogens (tertiary/aromatic N) is 2. The molecule has 0 fully saturated rings. The molecule has 0 radical (unpaired) electrons. The molecule has 0 unspecified atom stereocenters. The van der Waals surface area contributed by atoms with Gasteiger partial charge in [-0.05, 0) is 12.1 Å². The van der Waals surface area contributed by atoms with Gasteiger partial charge in [0.2, 0.25) is 5.12 Å². The molecule has 0 heterocycles. The Labute approximate surface area is 111 Å². The highest BCUT2D eigenvalue weighted by Crippen LogP contribution is 2.17. The molecule has 1 aromatic carbocycles. The van der Waals surface area contributed by atoms with Gasteiger partial charge in [0.25, 0.3) is 5.69 Å². The second-order valence-corrected chi connectivity index (χ2v) is 6.02. The van der Waals surface area contributed by atoms with Crippen LogP contribution in [0.5, 0.6) is 0 Å². The molecule has 0 aromatic heterocycles. The molecule has 0 saturated carbocycles. The van der Waals surface area contributed by atoms with Gasteiger partial charge in [0.1, 0.15) is 0 Å². The maximum Gasteiger partial charge on any atom is 0.269 e. The third-order valence-corrected chi connectivity index (χ3v) is 3.19. The number of carbonyl (C=O) groups excluding carboxylic acids is 1. The van der Waals surface area contributed by atoms with Gasteiger partial charge in [-0.15, -0.1) is 0 Å². The SMILES string of the molecule is C[N+](C)(C)CCSC(=O)c1ccc([N+](=O)[O-])cc1. The van der Waals surface area contributed by atoms with Crippen molar-refractivity contribution in [2.24, 2.45) is 0 Å². The van der Waals surface area contributed by atoms with Crippen LogP contribution in [0.3, 0.4) is 0 Å². The highest BCUT2D eigenvalue weighted by atomic mass is 32.2. The van der Waals surface area contributed by atoms with E-state index in [0.717, 1.165) is 16.8 Å². The summed E-state index contributed by atoms with van der Waals surface area (Å²) in [6.45, 7) is 0.892. The molecule has 1 rings (SSSR count). The molecule has 0 bridgehead atoms. The lowest BCUT2D eigenvalue weighted by Gasteiger charge is -2.23. The Morgan fingerprint density at radius 2 is 1.83 bits per heavy atom. The van der Waals surface area contributed by atoms with Crippen LogP contribution >= 0.6 is 11.8 Å². The van der Waals surface area contributed by atoms with Crippen molar-refractivity contribution in [2.75, 3.05) is 33.4 Å². The minimum absolute atomic E-state index is 0.00269. The van der Waals surface area contributed by atoms with E-state index in [-0.39, 0.29) is 10.8 Å².